The molecule has 14 heavy (non-hydrogen) atoms. The molecule has 76 valence electrons. The maximum atomic E-state index is 11.0. The van der Waals surface area contributed by atoms with Crippen molar-refractivity contribution in [3.05, 3.63) is 22.8 Å². The molecule has 0 spiro atoms. The van der Waals surface area contributed by atoms with Crippen molar-refractivity contribution in [3.8, 4) is 5.88 Å². The van der Waals surface area contributed by atoms with Gasteiger partial charge in [0.1, 0.15) is 0 Å². The predicted molar refractivity (Wildman–Crippen MR) is 51.5 cm³/mol. The molecule has 5 heteroatoms. The van der Waals surface area contributed by atoms with E-state index in [0.717, 1.165) is 0 Å². The summed E-state index contributed by atoms with van der Waals surface area (Å²) in [5, 5.41) is 0.463. The molecule has 0 aliphatic heterocycles. The first-order valence-corrected chi connectivity index (χ1v) is 4.30. The van der Waals surface area contributed by atoms with Gasteiger partial charge in [-0.25, -0.2) is 4.98 Å². The molecule has 0 aromatic carbocycles. The summed E-state index contributed by atoms with van der Waals surface area (Å²) in [6.07, 6.45) is 1.56. The summed E-state index contributed by atoms with van der Waals surface area (Å²) >= 11 is 5.73. The second-order valence-corrected chi connectivity index (χ2v) is 3.01. The molecule has 0 saturated carbocycles. The van der Waals surface area contributed by atoms with E-state index >= 15 is 0 Å². The molecule has 1 aromatic rings. The monoisotopic (exact) mass is 215 g/mol. The van der Waals surface area contributed by atoms with Crippen molar-refractivity contribution >= 4 is 17.6 Å². The van der Waals surface area contributed by atoms with Crippen LogP contribution in [0.2, 0.25) is 5.02 Å². The smallest absolute Gasteiger partial charge is 0.310 e. The van der Waals surface area contributed by atoms with Gasteiger partial charge in [-0.05, 0) is 6.07 Å². The fraction of sp³-hybridized carbons (Fsp3) is 0.333. The highest BCUT2D eigenvalue weighted by molar-refractivity contribution is 6.30. The summed E-state index contributed by atoms with van der Waals surface area (Å²) in [4.78, 5) is 14.9. The highest BCUT2D eigenvalue weighted by atomic mass is 35.5. The topological polar surface area (TPSA) is 48.4 Å². The van der Waals surface area contributed by atoms with Crippen LogP contribution in [0.5, 0.6) is 5.88 Å². The Bertz CT molecular complexity index is 341. The number of hydrogen-bond donors (Lipinski definition) is 0. The molecule has 0 amide bonds. The van der Waals surface area contributed by atoms with Crippen LogP contribution in [-0.2, 0) is 16.0 Å². The molecule has 1 heterocycles. The Labute approximate surface area is 86.8 Å². The highest BCUT2D eigenvalue weighted by Gasteiger charge is 2.10. The quantitative estimate of drug-likeness (QED) is 0.717. The Kier molecular flexibility index (Phi) is 3.71. The van der Waals surface area contributed by atoms with Crippen LogP contribution in [0.1, 0.15) is 5.56 Å². The lowest BCUT2D eigenvalue weighted by Crippen LogP contribution is -2.06. The van der Waals surface area contributed by atoms with Crippen LogP contribution in [0, 0.1) is 0 Å². The number of nitrogens with zero attached hydrogens (tertiary/aromatic N) is 1. The zero-order chi connectivity index (χ0) is 10.6. The van der Waals surface area contributed by atoms with Gasteiger partial charge in [-0.3, -0.25) is 4.79 Å². The van der Waals surface area contributed by atoms with E-state index in [4.69, 9.17) is 16.3 Å². The van der Waals surface area contributed by atoms with Crippen molar-refractivity contribution in [2.45, 2.75) is 6.42 Å². The van der Waals surface area contributed by atoms with Gasteiger partial charge in [0, 0.05) is 11.8 Å². The Balaban J connectivity index is 2.93. The third kappa shape index (κ3) is 2.60. The van der Waals surface area contributed by atoms with E-state index in [0.29, 0.717) is 16.5 Å². The number of methoxy groups -OCH3 is 2. The second-order valence-electron chi connectivity index (χ2n) is 2.57. The van der Waals surface area contributed by atoms with Crippen molar-refractivity contribution < 1.29 is 14.3 Å². The fourth-order valence-corrected chi connectivity index (χ4v) is 1.19. The minimum Gasteiger partial charge on any atom is -0.481 e. The number of halogens is 1. The molecule has 1 aromatic heterocycles. The van der Waals surface area contributed by atoms with Crippen LogP contribution in [-0.4, -0.2) is 25.2 Å². The summed E-state index contributed by atoms with van der Waals surface area (Å²) in [5.41, 5.74) is 0.617. The van der Waals surface area contributed by atoms with Gasteiger partial charge < -0.3 is 9.47 Å². The third-order valence-electron chi connectivity index (χ3n) is 1.65. The number of rotatable bonds is 3. The summed E-state index contributed by atoms with van der Waals surface area (Å²) < 4.78 is 9.50. The lowest BCUT2D eigenvalue weighted by molar-refractivity contribution is -0.139. The van der Waals surface area contributed by atoms with E-state index in [1.54, 1.807) is 6.07 Å². The lowest BCUT2D eigenvalue weighted by Gasteiger charge is -2.05. The maximum absolute atomic E-state index is 11.0. The summed E-state index contributed by atoms with van der Waals surface area (Å²) in [5.74, 6) is 0.0344. The van der Waals surface area contributed by atoms with Gasteiger partial charge in [0.15, 0.2) is 0 Å². The van der Waals surface area contributed by atoms with Gasteiger partial charge >= 0.3 is 5.97 Å². The molecule has 0 bridgehead atoms. The van der Waals surface area contributed by atoms with Crippen LogP contribution in [0.4, 0.5) is 0 Å². The van der Waals surface area contributed by atoms with Crippen molar-refractivity contribution in [1.82, 2.24) is 4.98 Å². The van der Waals surface area contributed by atoms with Crippen molar-refractivity contribution in [1.29, 1.82) is 0 Å². The van der Waals surface area contributed by atoms with Gasteiger partial charge in [-0.2, -0.15) is 0 Å². The van der Waals surface area contributed by atoms with E-state index in [1.165, 1.54) is 20.4 Å². The predicted octanol–water partition coefficient (Wildman–Crippen LogP) is 1.46. The average Bonchev–Trinajstić information content (AvgIpc) is 2.18. The zero-order valence-electron chi connectivity index (χ0n) is 7.91. The zero-order valence-corrected chi connectivity index (χ0v) is 8.67. The summed E-state index contributed by atoms with van der Waals surface area (Å²) in [7, 11) is 2.81. The fourth-order valence-electron chi connectivity index (χ4n) is 1.01. The van der Waals surface area contributed by atoms with Crippen LogP contribution >= 0.6 is 11.6 Å². The largest absolute Gasteiger partial charge is 0.481 e. The second kappa shape index (κ2) is 4.81. The first kappa shape index (κ1) is 10.8. The molecule has 0 radical (unpaired) electrons. The van der Waals surface area contributed by atoms with E-state index in [2.05, 4.69) is 9.72 Å². The number of esters is 1. The van der Waals surface area contributed by atoms with Gasteiger partial charge in [0.05, 0.1) is 25.7 Å². The van der Waals surface area contributed by atoms with E-state index in [1.807, 2.05) is 0 Å². The number of pyridine rings is 1. The Morgan fingerprint density at radius 3 is 2.86 bits per heavy atom. The van der Waals surface area contributed by atoms with Crippen molar-refractivity contribution in [2.24, 2.45) is 0 Å². The molecule has 0 atom stereocenters. The molecule has 0 N–H and O–H groups in total. The highest BCUT2D eigenvalue weighted by Crippen LogP contribution is 2.19. The maximum Gasteiger partial charge on any atom is 0.310 e. The van der Waals surface area contributed by atoms with Crippen LogP contribution in [0.15, 0.2) is 12.3 Å². The van der Waals surface area contributed by atoms with E-state index in [9.17, 15) is 4.79 Å². The standard InChI is InChI=1S/C9H10ClNO3/c1-13-8(12)4-6-3-7(10)5-11-9(6)14-2/h3,5H,4H2,1-2H3. The van der Waals surface area contributed by atoms with E-state index in [-0.39, 0.29) is 12.4 Å². The third-order valence-corrected chi connectivity index (χ3v) is 1.85. The van der Waals surface area contributed by atoms with E-state index < -0.39 is 0 Å². The average molecular weight is 216 g/mol. The molecular weight excluding hydrogens is 206 g/mol. The lowest BCUT2D eigenvalue weighted by atomic mass is 10.2. The minimum absolute atomic E-state index is 0.104. The number of carbonyl (C=O) groups excluding carboxylic acids is 1. The normalized spacial score (nSPS) is 9.64. The van der Waals surface area contributed by atoms with Gasteiger partial charge in [0.25, 0.3) is 0 Å². The van der Waals surface area contributed by atoms with Gasteiger partial charge in [0.2, 0.25) is 5.88 Å². The molecule has 4 nitrogen and oxygen atoms in total. The number of aromatic nitrogens is 1. The van der Waals surface area contributed by atoms with Gasteiger partial charge in [-0.15, -0.1) is 0 Å². The molecule has 0 fully saturated rings. The first-order valence-electron chi connectivity index (χ1n) is 3.92. The molecule has 0 saturated heterocycles. The SMILES string of the molecule is COC(=O)Cc1cc(Cl)cnc1OC. The Morgan fingerprint density at radius 1 is 1.57 bits per heavy atom. The molecule has 0 unspecified atom stereocenters. The number of hydrogen-bond acceptors (Lipinski definition) is 4. The molecule has 0 aliphatic rings. The Morgan fingerprint density at radius 2 is 2.29 bits per heavy atom. The number of ether oxygens (including phenoxy) is 2. The van der Waals surface area contributed by atoms with Gasteiger partial charge in [-0.1, -0.05) is 11.6 Å². The summed E-state index contributed by atoms with van der Waals surface area (Å²) in [6, 6.07) is 1.63. The first-order chi connectivity index (χ1) is 6.67. The van der Waals surface area contributed by atoms with Crippen molar-refractivity contribution in [2.75, 3.05) is 14.2 Å². The Hall–Kier alpha value is -1.29. The summed E-state index contributed by atoms with van der Waals surface area (Å²) in [6.45, 7) is 0. The molecule has 0 aliphatic carbocycles. The van der Waals surface area contributed by atoms with Crippen LogP contribution < -0.4 is 4.74 Å². The number of carbonyl (C=O) groups is 1. The van der Waals surface area contributed by atoms with Crippen LogP contribution in [0.25, 0.3) is 0 Å². The molecular formula is C9H10ClNO3. The van der Waals surface area contributed by atoms with Crippen LogP contribution in [0.3, 0.4) is 0 Å². The van der Waals surface area contributed by atoms with Crippen molar-refractivity contribution in [3.63, 3.8) is 0 Å². The minimum atomic E-state index is -0.354. The molecule has 1 rings (SSSR count).